The van der Waals surface area contributed by atoms with E-state index in [2.05, 4.69) is 30.8 Å². The van der Waals surface area contributed by atoms with Crippen LogP contribution in [-0.2, 0) is 9.53 Å². The summed E-state index contributed by atoms with van der Waals surface area (Å²) in [7, 11) is 1.30. The Bertz CT molecular complexity index is 353. The van der Waals surface area contributed by atoms with Crippen molar-refractivity contribution in [2.45, 2.75) is 53.1 Å². The van der Waals surface area contributed by atoms with Crippen LogP contribution in [0.4, 0.5) is 4.79 Å². The molecule has 2 amide bonds. The first-order chi connectivity index (χ1) is 8.70. The van der Waals surface area contributed by atoms with Gasteiger partial charge in [-0.2, -0.15) is 0 Å². The number of hydrogen-bond acceptors (Lipinski definition) is 3. The molecule has 1 heterocycles. The van der Waals surface area contributed by atoms with Crippen molar-refractivity contribution in [2.24, 2.45) is 11.3 Å². The molecule has 0 bridgehead atoms. The Balaban J connectivity index is 2.81. The smallest absolute Gasteiger partial charge is 0.407 e. The Morgan fingerprint density at radius 1 is 1.37 bits per heavy atom. The Labute approximate surface area is 115 Å². The van der Waals surface area contributed by atoms with Crippen LogP contribution in [0.1, 0.15) is 41.0 Å². The lowest BCUT2D eigenvalue weighted by atomic mass is 9.86. The van der Waals surface area contributed by atoms with Gasteiger partial charge in [-0.05, 0) is 24.7 Å². The Hall–Kier alpha value is -1.26. The lowest BCUT2D eigenvalue weighted by Crippen LogP contribution is -2.53. The van der Waals surface area contributed by atoms with Gasteiger partial charge in [0.1, 0.15) is 6.04 Å². The number of carbonyl (C=O) groups is 2. The van der Waals surface area contributed by atoms with Gasteiger partial charge in [0, 0.05) is 12.6 Å². The van der Waals surface area contributed by atoms with E-state index in [1.807, 2.05) is 18.7 Å². The highest BCUT2D eigenvalue weighted by molar-refractivity contribution is 5.86. The molecule has 2 atom stereocenters. The van der Waals surface area contributed by atoms with Crippen molar-refractivity contribution in [1.82, 2.24) is 10.2 Å². The van der Waals surface area contributed by atoms with Gasteiger partial charge in [0.2, 0.25) is 5.91 Å². The van der Waals surface area contributed by atoms with Gasteiger partial charge in [-0.3, -0.25) is 4.79 Å². The van der Waals surface area contributed by atoms with E-state index in [-0.39, 0.29) is 23.3 Å². The van der Waals surface area contributed by atoms with Gasteiger partial charge in [-0.1, -0.05) is 27.7 Å². The Morgan fingerprint density at radius 2 is 1.95 bits per heavy atom. The van der Waals surface area contributed by atoms with E-state index in [0.717, 1.165) is 13.0 Å². The third kappa shape index (κ3) is 3.39. The molecule has 0 saturated carbocycles. The normalized spacial score (nSPS) is 23.3. The predicted molar refractivity (Wildman–Crippen MR) is 73.7 cm³/mol. The molecule has 0 spiro atoms. The number of nitrogens with zero attached hydrogens (tertiary/aromatic N) is 1. The van der Waals surface area contributed by atoms with Crippen molar-refractivity contribution in [3.63, 3.8) is 0 Å². The fourth-order valence-electron chi connectivity index (χ4n) is 2.41. The molecule has 1 unspecified atom stereocenters. The van der Waals surface area contributed by atoms with Crippen LogP contribution in [0.3, 0.4) is 0 Å². The summed E-state index contributed by atoms with van der Waals surface area (Å²) >= 11 is 0. The average molecular weight is 270 g/mol. The number of alkyl carbamates (subject to hydrolysis) is 1. The van der Waals surface area contributed by atoms with Gasteiger partial charge in [0.15, 0.2) is 0 Å². The second kappa shape index (κ2) is 5.80. The van der Waals surface area contributed by atoms with E-state index in [1.165, 1.54) is 7.11 Å². The van der Waals surface area contributed by atoms with E-state index < -0.39 is 12.1 Å². The van der Waals surface area contributed by atoms with Gasteiger partial charge < -0.3 is 15.0 Å². The van der Waals surface area contributed by atoms with Crippen LogP contribution in [0, 0.1) is 11.3 Å². The molecule has 0 aromatic carbocycles. The molecule has 1 rings (SSSR count). The molecule has 110 valence electrons. The number of methoxy groups -OCH3 is 1. The first kappa shape index (κ1) is 15.8. The molecule has 0 aromatic heterocycles. The minimum absolute atomic E-state index is 0.0153. The third-order valence-corrected chi connectivity index (χ3v) is 4.27. The summed E-state index contributed by atoms with van der Waals surface area (Å²) in [5, 5.41) is 2.64. The topological polar surface area (TPSA) is 58.6 Å². The molecule has 5 heteroatoms. The number of hydrogen-bond donors (Lipinski definition) is 1. The summed E-state index contributed by atoms with van der Waals surface area (Å²) in [5.41, 5.74) is 0.127. The molecule has 0 aromatic rings. The van der Waals surface area contributed by atoms with Crippen molar-refractivity contribution >= 4 is 12.0 Å². The quantitative estimate of drug-likeness (QED) is 0.853. The second-order valence-corrected chi connectivity index (χ2v) is 6.30. The molecule has 0 aliphatic carbocycles. The monoisotopic (exact) mass is 270 g/mol. The first-order valence-corrected chi connectivity index (χ1v) is 6.85. The Morgan fingerprint density at radius 3 is 2.32 bits per heavy atom. The van der Waals surface area contributed by atoms with Crippen LogP contribution >= 0.6 is 0 Å². The molecule has 0 radical (unpaired) electrons. The van der Waals surface area contributed by atoms with Crippen molar-refractivity contribution < 1.29 is 14.3 Å². The third-order valence-electron chi connectivity index (χ3n) is 4.27. The van der Waals surface area contributed by atoms with Crippen molar-refractivity contribution in [1.29, 1.82) is 0 Å². The van der Waals surface area contributed by atoms with Crippen LogP contribution in [0.2, 0.25) is 0 Å². The molecule has 1 fully saturated rings. The molecule has 1 saturated heterocycles. The fraction of sp³-hybridized carbons (Fsp3) is 0.857. The van der Waals surface area contributed by atoms with Crippen molar-refractivity contribution in [2.75, 3.05) is 13.7 Å². The molecule has 5 nitrogen and oxygen atoms in total. The predicted octanol–water partition coefficient (Wildman–Crippen LogP) is 2.01. The van der Waals surface area contributed by atoms with E-state index in [4.69, 9.17) is 0 Å². The zero-order chi connectivity index (χ0) is 14.8. The molecule has 1 aliphatic heterocycles. The molecule has 1 N–H and O–H groups in total. The number of nitrogens with one attached hydrogen (secondary N) is 1. The molecular formula is C14H26N2O3. The SMILES string of the molecule is COC(=O)N[C@H](C(=O)N1CCC(C)(C)C1C)C(C)C. The highest BCUT2D eigenvalue weighted by Gasteiger charge is 2.42. The lowest BCUT2D eigenvalue weighted by Gasteiger charge is -2.33. The van der Waals surface area contributed by atoms with Crippen LogP contribution in [0.25, 0.3) is 0 Å². The molecular weight excluding hydrogens is 244 g/mol. The Kier molecular flexibility index (Phi) is 4.82. The lowest BCUT2D eigenvalue weighted by molar-refractivity contribution is -0.135. The van der Waals surface area contributed by atoms with E-state index in [0.29, 0.717) is 0 Å². The number of likely N-dealkylation sites (tertiary alicyclic amines) is 1. The number of carbonyl (C=O) groups excluding carboxylic acids is 2. The van der Waals surface area contributed by atoms with E-state index in [1.54, 1.807) is 0 Å². The van der Waals surface area contributed by atoms with Crippen molar-refractivity contribution in [3.8, 4) is 0 Å². The van der Waals surface area contributed by atoms with Gasteiger partial charge in [0.05, 0.1) is 7.11 Å². The highest BCUT2D eigenvalue weighted by atomic mass is 16.5. The van der Waals surface area contributed by atoms with Crippen LogP contribution in [-0.4, -0.2) is 42.6 Å². The molecule has 1 aliphatic rings. The largest absolute Gasteiger partial charge is 0.453 e. The van der Waals surface area contributed by atoms with E-state index >= 15 is 0 Å². The summed E-state index contributed by atoms with van der Waals surface area (Å²) in [4.78, 5) is 25.8. The number of rotatable bonds is 3. The van der Waals surface area contributed by atoms with Crippen LogP contribution < -0.4 is 5.32 Å². The summed E-state index contributed by atoms with van der Waals surface area (Å²) in [5.74, 6) is 0.0148. The summed E-state index contributed by atoms with van der Waals surface area (Å²) < 4.78 is 4.59. The van der Waals surface area contributed by atoms with Crippen LogP contribution in [0.5, 0.6) is 0 Å². The van der Waals surface area contributed by atoms with Gasteiger partial charge in [-0.15, -0.1) is 0 Å². The summed E-state index contributed by atoms with van der Waals surface area (Å²) in [6, 6.07) is -0.343. The second-order valence-electron chi connectivity index (χ2n) is 6.30. The maximum absolute atomic E-state index is 12.6. The standard InChI is InChI=1S/C14H26N2O3/c1-9(2)11(15-13(18)19-6)12(17)16-8-7-14(4,5)10(16)3/h9-11H,7-8H2,1-6H3,(H,15,18)/t10?,11-/m0/s1. The summed E-state index contributed by atoms with van der Waals surface area (Å²) in [6.45, 7) is 11.0. The number of ether oxygens (including phenoxy) is 1. The summed E-state index contributed by atoms with van der Waals surface area (Å²) in [6.07, 6.45) is 0.432. The van der Waals surface area contributed by atoms with E-state index in [9.17, 15) is 9.59 Å². The minimum Gasteiger partial charge on any atom is -0.453 e. The van der Waals surface area contributed by atoms with Gasteiger partial charge >= 0.3 is 6.09 Å². The zero-order valence-corrected chi connectivity index (χ0v) is 12.8. The zero-order valence-electron chi connectivity index (χ0n) is 12.8. The average Bonchev–Trinajstić information content (AvgIpc) is 2.60. The molecule has 19 heavy (non-hydrogen) atoms. The highest BCUT2D eigenvalue weighted by Crippen LogP contribution is 2.36. The van der Waals surface area contributed by atoms with Gasteiger partial charge in [-0.25, -0.2) is 4.79 Å². The maximum Gasteiger partial charge on any atom is 0.407 e. The first-order valence-electron chi connectivity index (χ1n) is 6.85. The van der Waals surface area contributed by atoms with Crippen molar-refractivity contribution in [3.05, 3.63) is 0 Å². The fourth-order valence-corrected chi connectivity index (χ4v) is 2.41. The number of amides is 2. The maximum atomic E-state index is 12.6. The minimum atomic E-state index is -0.557. The van der Waals surface area contributed by atoms with Gasteiger partial charge in [0.25, 0.3) is 0 Å². The van der Waals surface area contributed by atoms with Crippen LogP contribution in [0.15, 0.2) is 0 Å².